The molecule has 0 aromatic rings. The Balaban J connectivity index is 2.26. The van der Waals surface area contributed by atoms with Crippen molar-refractivity contribution in [1.29, 1.82) is 0 Å². The van der Waals surface area contributed by atoms with Crippen molar-refractivity contribution in [1.82, 2.24) is 5.32 Å². The summed E-state index contributed by atoms with van der Waals surface area (Å²) in [6.45, 7) is 9.16. The quantitative estimate of drug-likeness (QED) is 0.642. The molecule has 1 aliphatic carbocycles. The van der Waals surface area contributed by atoms with E-state index in [4.69, 9.17) is 0 Å². The Hall–Kier alpha value is -0.0400. The molecule has 77 valence electrons. The van der Waals surface area contributed by atoms with Crippen molar-refractivity contribution in [3.8, 4) is 0 Å². The van der Waals surface area contributed by atoms with Gasteiger partial charge in [-0.2, -0.15) is 0 Å². The zero-order valence-electron chi connectivity index (χ0n) is 9.40. The van der Waals surface area contributed by atoms with Crippen LogP contribution in [0.5, 0.6) is 0 Å². The summed E-state index contributed by atoms with van der Waals surface area (Å²) in [4.78, 5) is 0. The van der Waals surface area contributed by atoms with Crippen LogP contribution >= 0.6 is 0 Å². The molecule has 0 bridgehead atoms. The predicted molar refractivity (Wildman–Crippen MR) is 58.4 cm³/mol. The molecule has 13 heavy (non-hydrogen) atoms. The lowest BCUT2D eigenvalue weighted by atomic mass is 9.86. The maximum atomic E-state index is 3.58. The molecule has 1 aliphatic rings. The van der Waals surface area contributed by atoms with E-state index in [1.807, 2.05) is 0 Å². The van der Waals surface area contributed by atoms with Gasteiger partial charge in [0, 0.05) is 12.1 Å². The first kappa shape index (κ1) is 11.0. The van der Waals surface area contributed by atoms with Crippen molar-refractivity contribution in [3.63, 3.8) is 0 Å². The summed E-state index contributed by atoms with van der Waals surface area (Å²) >= 11 is 0. The van der Waals surface area contributed by atoms with Crippen LogP contribution in [0.4, 0.5) is 0 Å². The monoisotopic (exact) mass is 182 g/mol. The Morgan fingerprint density at radius 3 is 2.46 bits per heavy atom. The van der Waals surface area contributed by atoms with E-state index in [-0.39, 0.29) is 0 Å². The first-order valence-corrected chi connectivity index (χ1v) is 5.76. The van der Waals surface area contributed by atoms with Gasteiger partial charge in [-0.3, -0.25) is 0 Å². The Kier molecular flexibility index (Phi) is 4.24. The van der Waals surface area contributed by atoms with Crippen molar-refractivity contribution >= 4 is 0 Å². The Bertz CT molecular complexity index is 134. The van der Waals surface area contributed by atoms with Gasteiger partial charge >= 0.3 is 0 Å². The lowest BCUT2D eigenvalue weighted by Crippen LogP contribution is -2.43. The number of rotatable bonds is 5. The van der Waals surface area contributed by atoms with Crippen LogP contribution in [0.1, 0.15) is 59.3 Å². The number of hydrogen-bond donors (Lipinski definition) is 1. The molecule has 0 heterocycles. The van der Waals surface area contributed by atoms with E-state index in [1.165, 1.54) is 38.5 Å². The molecule has 1 saturated carbocycles. The van der Waals surface area contributed by atoms with Crippen molar-refractivity contribution < 1.29 is 0 Å². The first-order chi connectivity index (χ1) is 6.17. The zero-order valence-corrected chi connectivity index (χ0v) is 9.40. The number of unbranched alkanes of at least 4 members (excludes halogenated alkanes) is 1. The molecular formula is C12H24N. The zero-order chi connectivity index (χ0) is 9.73. The third kappa shape index (κ3) is 3.30. The number of nitrogens with one attached hydrogen (secondary N) is 1. The summed E-state index contributed by atoms with van der Waals surface area (Å²) in [6.07, 6.45) is 8.14. The van der Waals surface area contributed by atoms with E-state index in [0.717, 1.165) is 5.92 Å². The highest BCUT2D eigenvalue weighted by Crippen LogP contribution is 2.33. The molecule has 0 spiro atoms. The van der Waals surface area contributed by atoms with Crippen LogP contribution in [0.3, 0.4) is 0 Å². The smallest absolute Gasteiger partial charge is 0.0226 e. The minimum atomic E-state index is 0.325. The largest absolute Gasteiger partial charge is 0.307 e. The average Bonchev–Trinajstić information content (AvgIpc) is 2.56. The fraction of sp³-hybridized carbons (Fsp3) is 0.917. The molecule has 0 amide bonds. The maximum absolute atomic E-state index is 3.58. The molecule has 1 rings (SSSR count). The van der Waals surface area contributed by atoms with Crippen LogP contribution in [0, 0.1) is 12.5 Å². The van der Waals surface area contributed by atoms with Crippen LogP contribution < -0.4 is 5.32 Å². The summed E-state index contributed by atoms with van der Waals surface area (Å²) in [5.41, 5.74) is 0.325. The molecule has 1 N–H and O–H groups in total. The van der Waals surface area contributed by atoms with Crippen molar-refractivity contribution in [2.75, 3.05) is 0 Å². The van der Waals surface area contributed by atoms with Gasteiger partial charge in [-0.15, -0.1) is 0 Å². The minimum absolute atomic E-state index is 0.325. The molecule has 0 unspecified atom stereocenters. The van der Waals surface area contributed by atoms with Gasteiger partial charge < -0.3 is 5.32 Å². The van der Waals surface area contributed by atoms with Crippen LogP contribution in [-0.4, -0.2) is 5.54 Å². The van der Waals surface area contributed by atoms with E-state index in [9.17, 15) is 0 Å². The highest BCUT2D eigenvalue weighted by atomic mass is 15.0. The minimum Gasteiger partial charge on any atom is -0.307 e. The third-order valence-corrected chi connectivity index (χ3v) is 3.28. The first-order valence-electron chi connectivity index (χ1n) is 5.76. The van der Waals surface area contributed by atoms with Gasteiger partial charge in [0.2, 0.25) is 0 Å². The second-order valence-electron chi connectivity index (χ2n) is 4.84. The molecule has 1 heteroatoms. The lowest BCUT2D eigenvalue weighted by molar-refractivity contribution is 0.272. The van der Waals surface area contributed by atoms with Gasteiger partial charge in [0.15, 0.2) is 0 Å². The highest BCUT2D eigenvalue weighted by Gasteiger charge is 2.30. The number of hydrogen-bond acceptors (Lipinski definition) is 1. The molecule has 1 nitrogen and oxygen atoms in total. The molecule has 0 saturated heterocycles. The van der Waals surface area contributed by atoms with Gasteiger partial charge in [0.1, 0.15) is 0 Å². The van der Waals surface area contributed by atoms with Gasteiger partial charge in [-0.05, 0) is 39.0 Å². The molecular weight excluding hydrogens is 158 g/mol. The summed E-state index contributed by atoms with van der Waals surface area (Å²) < 4.78 is 0. The van der Waals surface area contributed by atoms with Crippen LogP contribution in [0.15, 0.2) is 0 Å². The predicted octanol–water partition coefficient (Wildman–Crippen LogP) is 3.51. The van der Waals surface area contributed by atoms with Crippen molar-refractivity contribution in [2.24, 2.45) is 5.92 Å². The fourth-order valence-electron chi connectivity index (χ4n) is 2.24. The van der Waals surface area contributed by atoms with Crippen LogP contribution in [0.2, 0.25) is 0 Å². The van der Waals surface area contributed by atoms with E-state index in [2.05, 4.69) is 32.6 Å². The maximum Gasteiger partial charge on any atom is 0.0226 e. The topological polar surface area (TPSA) is 12.0 Å². The third-order valence-electron chi connectivity index (χ3n) is 3.28. The summed E-state index contributed by atoms with van der Waals surface area (Å²) in [5, 5.41) is 3.58. The van der Waals surface area contributed by atoms with Crippen LogP contribution in [0.25, 0.3) is 0 Å². The summed E-state index contributed by atoms with van der Waals surface area (Å²) in [7, 11) is 0. The standard InChI is InChI=1S/C12H24N/c1-4-5-10-13-12(2,3)11-8-6-7-9-11/h10-11,13H,4-9H2,1-3H3. The average molecular weight is 182 g/mol. The highest BCUT2D eigenvalue weighted by molar-refractivity contribution is 4.90. The van der Waals surface area contributed by atoms with Crippen molar-refractivity contribution in [3.05, 3.63) is 6.54 Å². The summed E-state index contributed by atoms with van der Waals surface area (Å²) in [5.74, 6) is 0.889. The van der Waals surface area contributed by atoms with E-state index in [0.29, 0.717) is 5.54 Å². The molecule has 0 atom stereocenters. The summed E-state index contributed by atoms with van der Waals surface area (Å²) in [6, 6.07) is 0. The van der Waals surface area contributed by atoms with Gasteiger partial charge in [0.25, 0.3) is 0 Å². The van der Waals surface area contributed by atoms with E-state index in [1.54, 1.807) is 0 Å². The second-order valence-corrected chi connectivity index (χ2v) is 4.84. The second kappa shape index (κ2) is 4.99. The molecule has 0 aromatic carbocycles. The molecule has 0 aromatic heterocycles. The van der Waals surface area contributed by atoms with Gasteiger partial charge in [0.05, 0.1) is 0 Å². The van der Waals surface area contributed by atoms with Crippen molar-refractivity contribution in [2.45, 2.75) is 64.8 Å². The normalized spacial score (nSPS) is 19.6. The molecule has 1 radical (unpaired) electrons. The SMILES string of the molecule is CCC[CH]NC(C)(C)C1CCCC1. The lowest BCUT2D eigenvalue weighted by Gasteiger charge is -2.32. The van der Waals surface area contributed by atoms with Gasteiger partial charge in [-0.1, -0.05) is 26.2 Å². The van der Waals surface area contributed by atoms with E-state index < -0.39 is 0 Å². The van der Waals surface area contributed by atoms with Crippen LogP contribution in [-0.2, 0) is 0 Å². The molecule has 1 fully saturated rings. The fourth-order valence-corrected chi connectivity index (χ4v) is 2.24. The Morgan fingerprint density at radius 1 is 1.31 bits per heavy atom. The Labute approximate surface area is 83.3 Å². The van der Waals surface area contributed by atoms with Gasteiger partial charge in [-0.25, -0.2) is 0 Å². The van der Waals surface area contributed by atoms with E-state index >= 15 is 0 Å². The Morgan fingerprint density at radius 2 is 1.92 bits per heavy atom. The molecule has 0 aliphatic heterocycles.